The van der Waals surface area contributed by atoms with Gasteiger partial charge in [-0.1, -0.05) is 6.07 Å². The van der Waals surface area contributed by atoms with Gasteiger partial charge in [0.25, 0.3) is 0 Å². The lowest BCUT2D eigenvalue weighted by atomic mass is 10.1. The third-order valence-electron chi connectivity index (χ3n) is 2.87. The average molecular weight is 237 g/mol. The van der Waals surface area contributed by atoms with E-state index in [0.29, 0.717) is 13.1 Å². The number of hydrogen-bond acceptors (Lipinski definition) is 3. The Balaban J connectivity index is 2.30. The molecule has 0 aromatic heterocycles. The summed E-state index contributed by atoms with van der Waals surface area (Å²) in [6, 6.07) is 4.86. The van der Waals surface area contributed by atoms with Crippen molar-refractivity contribution in [1.29, 1.82) is 5.26 Å². The van der Waals surface area contributed by atoms with Crippen LogP contribution >= 0.6 is 0 Å². The monoisotopic (exact) mass is 237 g/mol. The van der Waals surface area contributed by atoms with Crippen molar-refractivity contribution < 1.29 is 8.78 Å². The van der Waals surface area contributed by atoms with E-state index in [9.17, 15) is 8.78 Å². The second-order valence-corrected chi connectivity index (χ2v) is 3.94. The van der Waals surface area contributed by atoms with E-state index in [1.54, 1.807) is 6.07 Å². The number of hydrogen-bond donors (Lipinski definition) is 1. The van der Waals surface area contributed by atoms with Crippen molar-refractivity contribution in [3.63, 3.8) is 0 Å². The molecule has 5 heteroatoms. The van der Waals surface area contributed by atoms with Crippen LogP contribution in [0.1, 0.15) is 5.56 Å². The van der Waals surface area contributed by atoms with Crippen LogP contribution in [-0.4, -0.2) is 26.2 Å². The standard InChI is InChI=1S/C12H13F2N3/c13-11-9(3-4-15)1-2-10(12(11)14)17-7-5-16-6-8-17/h1-2,16H,3,5-8H2. The summed E-state index contributed by atoms with van der Waals surface area (Å²) in [6.07, 6.45) is -0.107. The first-order valence-electron chi connectivity index (χ1n) is 5.53. The van der Waals surface area contributed by atoms with Crippen LogP contribution in [0.15, 0.2) is 12.1 Å². The van der Waals surface area contributed by atoms with Gasteiger partial charge in [-0.15, -0.1) is 0 Å². The lowest BCUT2D eigenvalue weighted by Crippen LogP contribution is -2.44. The Labute approximate surface area is 98.6 Å². The van der Waals surface area contributed by atoms with Crippen molar-refractivity contribution >= 4 is 5.69 Å². The number of nitrogens with one attached hydrogen (secondary N) is 1. The summed E-state index contributed by atoms with van der Waals surface area (Å²) in [6.45, 7) is 2.85. The van der Waals surface area contributed by atoms with Crippen LogP contribution in [0.4, 0.5) is 14.5 Å². The van der Waals surface area contributed by atoms with Crippen molar-refractivity contribution in [2.75, 3.05) is 31.1 Å². The van der Waals surface area contributed by atoms with Gasteiger partial charge in [-0.2, -0.15) is 5.26 Å². The summed E-state index contributed by atoms with van der Waals surface area (Å²) in [7, 11) is 0. The Bertz CT molecular complexity index is 448. The summed E-state index contributed by atoms with van der Waals surface area (Å²) in [5.41, 5.74) is 0.398. The number of halogens is 2. The van der Waals surface area contributed by atoms with E-state index < -0.39 is 11.6 Å². The van der Waals surface area contributed by atoms with Crippen molar-refractivity contribution in [1.82, 2.24) is 5.32 Å². The molecule has 1 aromatic rings. The number of rotatable bonds is 2. The summed E-state index contributed by atoms with van der Waals surface area (Å²) in [4.78, 5) is 1.81. The van der Waals surface area contributed by atoms with E-state index in [2.05, 4.69) is 5.32 Å². The second kappa shape index (κ2) is 5.11. The Hall–Kier alpha value is -1.67. The second-order valence-electron chi connectivity index (χ2n) is 3.94. The molecular weight excluding hydrogens is 224 g/mol. The van der Waals surface area contributed by atoms with Crippen LogP contribution in [0.25, 0.3) is 0 Å². The van der Waals surface area contributed by atoms with E-state index in [4.69, 9.17) is 5.26 Å². The van der Waals surface area contributed by atoms with Crippen molar-refractivity contribution in [3.8, 4) is 6.07 Å². The molecule has 0 atom stereocenters. The average Bonchev–Trinajstić information content (AvgIpc) is 2.36. The van der Waals surface area contributed by atoms with Crippen LogP contribution in [0.3, 0.4) is 0 Å². The maximum Gasteiger partial charge on any atom is 0.182 e. The fourth-order valence-corrected chi connectivity index (χ4v) is 1.95. The molecule has 1 heterocycles. The van der Waals surface area contributed by atoms with Crippen LogP contribution in [0.5, 0.6) is 0 Å². The summed E-state index contributed by atoms with van der Waals surface area (Å²) in [5.74, 6) is -1.75. The first-order chi connectivity index (χ1) is 8.24. The largest absolute Gasteiger partial charge is 0.367 e. The molecule has 3 nitrogen and oxygen atoms in total. The van der Waals surface area contributed by atoms with E-state index in [0.717, 1.165) is 13.1 Å². The van der Waals surface area contributed by atoms with Crippen LogP contribution in [0.2, 0.25) is 0 Å². The number of benzene rings is 1. The van der Waals surface area contributed by atoms with E-state index in [1.165, 1.54) is 6.07 Å². The smallest absolute Gasteiger partial charge is 0.182 e. The topological polar surface area (TPSA) is 39.1 Å². The lowest BCUT2D eigenvalue weighted by Gasteiger charge is -2.29. The third-order valence-corrected chi connectivity index (χ3v) is 2.87. The molecule has 0 radical (unpaired) electrons. The fourth-order valence-electron chi connectivity index (χ4n) is 1.95. The first kappa shape index (κ1) is 11.8. The van der Waals surface area contributed by atoms with Crippen molar-refractivity contribution in [3.05, 3.63) is 29.3 Å². The van der Waals surface area contributed by atoms with Gasteiger partial charge in [0, 0.05) is 31.7 Å². The van der Waals surface area contributed by atoms with Gasteiger partial charge in [-0.25, -0.2) is 8.78 Å². The molecule has 1 saturated heterocycles. The van der Waals surface area contributed by atoms with Crippen molar-refractivity contribution in [2.45, 2.75) is 6.42 Å². The van der Waals surface area contributed by atoms with Crippen LogP contribution in [0, 0.1) is 23.0 Å². The molecule has 1 N–H and O–H groups in total. The maximum atomic E-state index is 13.8. The zero-order valence-electron chi connectivity index (χ0n) is 9.34. The molecule has 1 aromatic carbocycles. The highest BCUT2D eigenvalue weighted by molar-refractivity contribution is 5.50. The normalized spacial score (nSPS) is 15.7. The minimum absolute atomic E-state index is 0.107. The van der Waals surface area contributed by atoms with Gasteiger partial charge in [-0.05, 0) is 6.07 Å². The molecule has 0 bridgehead atoms. The molecule has 0 aliphatic carbocycles. The SMILES string of the molecule is N#CCc1ccc(N2CCNCC2)c(F)c1F. The van der Waals surface area contributed by atoms with Gasteiger partial charge in [0.2, 0.25) is 0 Å². The highest BCUT2D eigenvalue weighted by atomic mass is 19.2. The highest BCUT2D eigenvalue weighted by Gasteiger charge is 2.19. The zero-order chi connectivity index (χ0) is 12.3. The predicted octanol–water partition coefficient (Wildman–Crippen LogP) is 1.44. The van der Waals surface area contributed by atoms with Gasteiger partial charge in [0.1, 0.15) is 0 Å². The quantitative estimate of drug-likeness (QED) is 0.846. The number of anilines is 1. The van der Waals surface area contributed by atoms with E-state index in [-0.39, 0.29) is 17.7 Å². The molecular formula is C12H13F2N3. The molecule has 1 aliphatic rings. The van der Waals surface area contributed by atoms with E-state index >= 15 is 0 Å². The van der Waals surface area contributed by atoms with Gasteiger partial charge in [0.05, 0.1) is 18.2 Å². The minimum Gasteiger partial charge on any atom is -0.367 e. The third kappa shape index (κ3) is 2.37. The summed E-state index contributed by atoms with van der Waals surface area (Å²) in [5, 5.41) is 11.6. The zero-order valence-corrected chi connectivity index (χ0v) is 9.34. The van der Waals surface area contributed by atoms with Crippen LogP contribution < -0.4 is 10.2 Å². The summed E-state index contributed by atoms with van der Waals surface area (Å²) < 4.78 is 27.5. The molecule has 0 saturated carbocycles. The van der Waals surface area contributed by atoms with Gasteiger partial charge >= 0.3 is 0 Å². The number of nitrogens with zero attached hydrogens (tertiary/aromatic N) is 2. The molecule has 17 heavy (non-hydrogen) atoms. The molecule has 0 spiro atoms. The fraction of sp³-hybridized carbons (Fsp3) is 0.417. The first-order valence-corrected chi connectivity index (χ1v) is 5.53. The Morgan fingerprint density at radius 1 is 1.24 bits per heavy atom. The van der Waals surface area contributed by atoms with Gasteiger partial charge in [0.15, 0.2) is 11.6 Å². The number of nitriles is 1. The van der Waals surface area contributed by atoms with Crippen molar-refractivity contribution in [2.24, 2.45) is 0 Å². The molecule has 0 unspecified atom stereocenters. The molecule has 2 rings (SSSR count). The highest BCUT2D eigenvalue weighted by Crippen LogP contribution is 2.24. The van der Waals surface area contributed by atoms with Gasteiger partial charge < -0.3 is 10.2 Å². The maximum absolute atomic E-state index is 13.8. The summed E-state index contributed by atoms with van der Waals surface area (Å²) >= 11 is 0. The van der Waals surface area contributed by atoms with Crippen LogP contribution in [-0.2, 0) is 6.42 Å². The Kier molecular flexibility index (Phi) is 3.55. The Morgan fingerprint density at radius 2 is 1.94 bits per heavy atom. The minimum atomic E-state index is -0.900. The molecule has 0 amide bonds. The Morgan fingerprint density at radius 3 is 2.59 bits per heavy atom. The van der Waals surface area contributed by atoms with E-state index in [1.807, 2.05) is 11.0 Å². The lowest BCUT2D eigenvalue weighted by molar-refractivity contribution is 0.493. The molecule has 1 aliphatic heterocycles. The van der Waals surface area contributed by atoms with Gasteiger partial charge in [-0.3, -0.25) is 0 Å². The predicted molar refractivity (Wildman–Crippen MR) is 60.8 cm³/mol. The number of piperazine rings is 1. The molecule has 90 valence electrons. The molecule has 1 fully saturated rings.